The molecular weight excluding hydrogens is 124 g/mol. The van der Waals surface area contributed by atoms with Crippen molar-refractivity contribution in [1.29, 1.82) is 0 Å². The number of aryl methyl sites for hydroxylation is 1. The summed E-state index contributed by atoms with van der Waals surface area (Å²) in [6, 6.07) is 4.06. The van der Waals surface area contributed by atoms with E-state index in [4.69, 9.17) is 0 Å². The van der Waals surface area contributed by atoms with Crippen LogP contribution in [0.2, 0.25) is 0 Å². The zero-order valence-corrected chi connectivity index (χ0v) is 6.05. The Morgan fingerprint density at radius 2 is 1.90 bits per heavy atom. The normalized spacial score (nSPS) is 12.6. The third-order valence-electron chi connectivity index (χ3n) is 1.86. The molecule has 1 aliphatic heterocycles. The van der Waals surface area contributed by atoms with Crippen LogP contribution in [0.1, 0.15) is 11.1 Å². The Morgan fingerprint density at radius 1 is 1.10 bits per heavy atom. The summed E-state index contributed by atoms with van der Waals surface area (Å²) in [6.45, 7) is 4.11. The van der Waals surface area contributed by atoms with E-state index >= 15 is 0 Å². The molecule has 0 aliphatic carbocycles. The molecule has 10 heavy (non-hydrogen) atoms. The van der Waals surface area contributed by atoms with Crippen LogP contribution >= 0.6 is 0 Å². The maximum atomic E-state index is 4.03. The molecule has 1 heterocycles. The lowest BCUT2D eigenvalue weighted by Gasteiger charge is -1.96. The number of hydrogen-bond acceptors (Lipinski definition) is 2. The van der Waals surface area contributed by atoms with Gasteiger partial charge in [-0.3, -0.25) is 0 Å². The van der Waals surface area contributed by atoms with E-state index in [1.807, 2.05) is 6.07 Å². The van der Waals surface area contributed by atoms with E-state index in [1.165, 1.54) is 11.1 Å². The van der Waals surface area contributed by atoms with E-state index in [0.29, 0.717) is 0 Å². The minimum absolute atomic E-state index is 1.01. The van der Waals surface area contributed by atoms with Crippen LogP contribution in [-0.4, -0.2) is 0 Å². The monoisotopic (exact) mass is 132 g/mol. The molecule has 0 saturated carbocycles. The molecule has 0 aromatic heterocycles. The molecule has 0 N–H and O–H groups in total. The fourth-order valence-corrected chi connectivity index (χ4v) is 1.19. The predicted octanol–water partition coefficient (Wildman–Crippen LogP) is 3.03. The van der Waals surface area contributed by atoms with Gasteiger partial charge in [0.05, 0.1) is 11.4 Å². The summed E-state index contributed by atoms with van der Waals surface area (Å²) in [5, 5.41) is 8.02. The third-order valence-corrected chi connectivity index (χ3v) is 1.86. The molecule has 0 fully saturated rings. The van der Waals surface area contributed by atoms with Gasteiger partial charge in [-0.1, -0.05) is 6.07 Å². The number of nitrogens with zero attached hydrogens (tertiary/aromatic N) is 2. The standard InChI is InChI=1S/C8H8N2/c1-5-3-4-7-6(2)8(5)10-9-7/h3-4H,1-2H3. The maximum Gasteiger partial charge on any atom is 0.0937 e. The van der Waals surface area contributed by atoms with Gasteiger partial charge in [0, 0.05) is 5.56 Å². The fourth-order valence-electron chi connectivity index (χ4n) is 1.19. The van der Waals surface area contributed by atoms with Crippen LogP contribution in [0.25, 0.3) is 0 Å². The van der Waals surface area contributed by atoms with Crippen molar-refractivity contribution in [3.63, 3.8) is 0 Å². The molecule has 0 unspecified atom stereocenters. The SMILES string of the molecule is Cc1ccc2c(C)c1N=N2. The van der Waals surface area contributed by atoms with Crippen LogP contribution in [0, 0.1) is 13.8 Å². The van der Waals surface area contributed by atoms with Crippen molar-refractivity contribution in [1.82, 2.24) is 0 Å². The Hall–Kier alpha value is -1.18. The highest BCUT2D eigenvalue weighted by molar-refractivity contribution is 5.66. The summed E-state index contributed by atoms with van der Waals surface area (Å²) >= 11 is 0. The van der Waals surface area contributed by atoms with E-state index < -0.39 is 0 Å². The van der Waals surface area contributed by atoms with E-state index in [1.54, 1.807) is 0 Å². The quantitative estimate of drug-likeness (QED) is 0.526. The second-order valence-corrected chi connectivity index (χ2v) is 2.58. The zero-order valence-electron chi connectivity index (χ0n) is 6.05. The van der Waals surface area contributed by atoms with Crippen molar-refractivity contribution in [3.05, 3.63) is 23.3 Å². The summed E-state index contributed by atoms with van der Waals surface area (Å²) < 4.78 is 0. The van der Waals surface area contributed by atoms with E-state index in [2.05, 4.69) is 30.1 Å². The number of fused-ring (bicyclic) bond motifs is 2. The smallest absolute Gasteiger partial charge is 0.0937 e. The lowest BCUT2D eigenvalue weighted by molar-refractivity contribution is 1.29. The van der Waals surface area contributed by atoms with Gasteiger partial charge >= 0.3 is 0 Å². The summed E-state index contributed by atoms with van der Waals surface area (Å²) in [6.07, 6.45) is 0. The summed E-state index contributed by atoms with van der Waals surface area (Å²) in [4.78, 5) is 0. The number of hydrogen-bond donors (Lipinski definition) is 0. The second kappa shape index (κ2) is 1.66. The van der Waals surface area contributed by atoms with Crippen molar-refractivity contribution < 1.29 is 0 Å². The highest BCUT2D eigenvalue weighted by Crippen LogP contribution is 2.37. The van der Waals surface area contributed by atoms with Crippen LogP contribution in [0.3, 0.4) is 0 Å². The third kappa shape index (κ3) is 0.533. The summed E-state index contributed by atoms with van der Waals surface area (Å²) in [7, 11) is 0. The first-order valence-corrected chi connectivity index (χ1v) is 3.31. The Balaban J connectivity index is 2.83. The van der Waals surface area contributed by atoms with Crippen LogP contribution in [0.5, 0.6) is 0 Å². The summed E-state index contributed by atoms with van der Waals surface area (Å²) in [5.41, 5.74) is 4.49. The van der Waals surface area contributed by atoms with Gasteiger partial charge < -0.3 is 0 Å². The highest BCUT2D eigenvalue weighted by Gasteiger charge is 2.11. The minimum atomic E-state index is 1.01. The Kier molecular flexibility index (Phi) is 0.926. The first-order chi connectivity index (χ1) is 4.79. The van der Waals surface area contributed by atoms with Gasteiger partial charge in [-0.05, 0) is 25.5 Å². The average Bonchev–Trinajstić information content (AvgIpc) is 2.13. The van der Waals surface area contributed by atoms with Gasteiger partial charge in [0.25, 0.3) is 0 Å². The lowest BCUT2D eigenvalue weighted by atomic mass is 10.1. The Labute approximate surface area is 59.6 Å². The van der Waals surface area contributed by atoms with E-state index in [0.717, 1.165) is 11.4 Å². The average molecular weight is 132 g/mol. The topological polar surface area (TPSA) is 24.7 Å². The Bertz CT molecular complexity index is 313. The van der Waals surface area contributed by atoms with Crippen LogP contribution in [0.15, 0.2) is 22.4 Å². The molecule has 1 aromatic rings. The lowest BCUT2D eigenvalue weighted by Crippen LogP contribution is -1.73. The van der Waals surface area contributed by atoms with E-state index in [-0.39, 0.29) is 0 Å². The number of rotatable bonds is 0. The first kappa shape index (κ1) is 5.59. The Morgan fingerprint density at radius 3 is 2.60 bits per heavy atom. The van der Waals surface area contributed by atoms with E-state index in [9.17, 15) is 0 Å². The molecule has 2 nitrogen and oxygen atoms in total. The molecule has 0 amide bonds. The van der Waals surface area contributed by atoms with Gasteiger partial charge in [-0.15, -0.1) is 5.11 Å². The molecule has 50 valence electrons. The van der Waals surface area contributed by atoms with Crippen LogP contribution in [-0.2, 0) is 0 Å². The molecule has 2 bridgehead atoms. The van der Waals surface area contributed by atoms with Crippen molar-refractivity contribution in [2.24, 2.45) is 10.2 Å². The van der Waals surface area contributed by atoms with Crippen molar-refractivity contribution in [2.75, 3.05) is 0 Å². The largest absolute Gasteiger partial charge is 0.150 e. The molecule has 0 spiro atoms. The van der Waals surface area contributed by atoms with Crippen LogP contribution < -0.4 is 0 Å². The molecule has 2 rings (SSSR count). The molecule has 0 radical (unpaired) electrons. The minimum Gasteiger partial charge on any atom is -0.150 e. The molecule has 1 aromatic carbocycles. The van der Waals surface area contributed by atoms with Gasteiger partial charge in [0.15, 0.2) is 0 Å². The van der Waals surface area contributed by atoms with Gasteiger partial charge in [0.1, 0.15) is 0 Å². The van der Waals surface area contributed by atoms with Gasteiger partial charge in [0.2, 0.25) is 0 Å². The van der Waals surface area contributed by atoms with Crippen molar-refractivity contribution >= 4 is 11.4 Å². The first-order valence-electron chi connectivity index (χ1n) is 3.31. The molecular formula is C8H8N2. The molecule has 0 saturated heterocycles. The fraction of sp³-hybridized carbons (Fsp3) is 0.250. The van der Waals surface area contributed by atoms with Gasteiger partial charge in [-0.25, -0.2) is 0 Å². The zero-order chi connectivity index (χ0) is 7.14. The predicted molar refractivity (Wildman–Crippen MR) is 40.1 cm³/mol. The van der Waals surface area contributed by atoms with Gasteiger partial charge in [-0.2, -0.15) is 5.11 Å². The van der Waals surface area contributed by atoms with Crippen LogP contribution in [0.4, 0.5) is 11.4 Å². The van der Waals surface area contributed by atoms with Crippen molar-refractivity contribution in [2.45, 2.75) is 13.8 Å². The highest BCUT2D eigenvalue weighted by atomic mass is 15.1. The second-order valence-electron chi connectivity index (χ2n) is 2.58. The molecule has 1 aliphatic rings. The maximum absolute atomic E-state index is 4.03. The summed E-state index contributed by atoms with van der Waals surface area (Å²) in [5.74, 6) is 0. The molecule has 2 heteroatoms. The number of azo groups is 1. The number of benzene rings is 1. The molecule has 0 atom stereocenters. The van der Waals surface area contributed by atoms with Crippen molar-refractivity contribution in [3.8, 4) is 0 Å².